The first-order chi connectivity index (χ1) is 12.9. The molecule has 0 saturated heterocycles. The Hall–Kier alpha value is -3.38. The van der Waals surface area contributed by atoms with Gasteiger partial charge in [-0.15, -0.1) is 0 Å². The van der Waals surface area contributed by atoms with E-state index in [4.69, 9.17) is 0 Å². The van der Waals surface area contributed by atoms with Crippen molar-refractivity contribution in [2.45, 2.75) is 0 Å². The lowest BCUT2D eigenvalue weighted by Crippen LogP contribution is -1.97. The van der Waals surface area contributed by atoms with Crippen molar-refractivity contribution >= 4 is 21.5 Å². The van der Waals surface area contributed by atoms with Gasteiger partial charge in [0.15, 0.2) is 0 Å². The van der Waals surface area contributed by atoms with E-state index in [0.29, 0.717) is 0 Å². The van der Waals surface area contributed by atoms with Gasteiger partial charge in [-0.1, -0.05) is 97.1 Å². The second-order valence-corrected chi connectivity index (χ2v) is 6.93. The average Bonchev–Trinajstić information content (AvgIpc) is 2.70. The largest absolute Gasteiger partial charge is 0.0616 e. The van der Waals surface area contributed by atoms with Gasteiger partial charge in [-0.3, -0.25) is 0 Å². The van der Waals surface area contributed by atoms with Gasteiger partial charge in [-0.05, 0) is 54.9 Å². The highest BCUT2D eigenvalue weighted by atomic mass is 14.3. The zero-order chi connectivity index (χ0) is 17.1. The molecule has 0 heteroatoms. The van der Waals surface area contributed by atoms with E-state index in [1.807, 2.05) is 0 Å². The monoisotopic (exact) mass is 328 g/mol. The molecule has 0 aliphatic heterocycles. The Morgan fingerprint density at radius 2 is 0.538 bits per heavy atom. The van der Waals surface area contributed by atoms with Crippen LogP contribution in [0, 0.1) is 0 Å². The van der Waals surface area contributed by atoms with Crippen LogP contribution < -0.4 is 0 Å². The van der Waals surface area contributed by atoms with Crippen LogP contribution in [-0.4, -0.2) is 0 Å². The summed E-state index contributed by atoms with van der Waals surface area (Å²) in [6.45, 7) is 0. The molecule has 7 rings (SSSR count). The van der Waals surface area contributed by atoms with Crippen molar-refractivity contribution < 1.29 is 0 Å². The van der Waals surface area contributed by atoms with Crippen molar-refractivity contribution in [1.29, 1.82) is 0 Å². The molecule has 2 bridgehead atoms. The van der Waals surface area contributed by atoms with E-state index in [-0.39, 0.29) is 0 Å². The van der Waals surface area contributed by atoms with Crippen LogP contribution in [-0.2, 0) is 0 Å². The Balaban J connectivity index is 2.04. The Bertz CT molecular complexity index is 1160. The molecule has 2 aliphatic carbocycles. The molecular formula is C26H16. The number of benzene rings is 5. The topological polar surface area (TPSA) is 0 Å². The third kappa shape index (κ3) is 1.69. The minimum absolute atomic E-state index is 1.32. The fraction of sp³-hybridized carbons (Fsp3) is 0. The molecule has 0 heterocycles. The summed E-state index contributed by atoms with van der Waals surface area (Å²) in [6, 6.07) is 35.3. The Labute approximate surface area is 152 Å². The fourth-order valence-corrected chi connectivity index (χ4v) is 4.58. The average molecular weight is 328 g/mol. The molecule has 5 aromatic carbocycles. The van der Waals surface area contributed by atoms with E-state index in [1.165, 1.54) is 54.9 Å². The van der Waals surface area contributed by atoms with Crippen LogP contribution in [0.4, 0.5) is 0 Å². The summed E-state index contributed by atoms with van der Waals surface area (Å²) in [5.41, 5.74) is 7.98. The van der Waals surface area contributed by atoms with Crippen LogP contribution >= 0.6 is 0 Å². The summed E-state index contributed by atoms with van der Waals surface area (Å²) >= 11 is 0. The number of rotatable bonds is 0. The van der Waals surface area contributed by atoms with Crippen molar-refractivity contribution in [1.82, 2.24) is 0 Å². The van der Waals surface area contributed by atoms with Crippen LogP contribution in [0.25, 0.3) is 54.9 Å². The van der Waals surface area contributed by atoms with Gasteiger partial charge in [0, 0.05) is 0 Å². The minimum atomic E-state index is 1.32. The van der Waals surface area contributed by atoms with Gasteiger partial charge in [0.1, 0.15) is 0 Å². The van der Waals surface area contributed by atoms with Gasteiger partial charge in [0.25, 0.3) is 0 Å². The molecule has 0 spiro atoms. The summed E-state index contributed by atoms with van der Waals surface area (Å²) < 4.78 is 0. The van der Waals surface area contributed by atoms with Crippen LogP contribution in [0.1, 0.15) is 0 Å². The zero-order valence-corrected chi connectivity index (χ0v) is 14.2. The minimum Gasteiger partial charge on any atom is -0.0616 e. The van der Waals surface area contributed by atoms with E-state index in [0.717, 1.165) is 0 Å². The summed E-state index contributed by atoms with van der Waals surface area (Å²) in [6.07, 6.45) is 0. The van der Waals surface area contributed by atoms with Crippen LogP contribution in [0.2, 0.25) is 0 Å². The quantitative estimate of drug-likeness (QED) is 0.256. The highest BCUT2D eigenvalue weighted by Crippen LogP contribution is 2.50. The van der Waals surface area contributed by atoms with E-state index >= 15 is 0 Å². The molecule has 5 aromatic rings. The summed E-state index contributed by atoms with van der Waals surface area (Å²) in [5.74, 6) is 0. The molecular weight excluding hydrogens is 312 g/mol. The Morgan fingerprint density at radius 3 is 0.885 bits per heavy atom. The molecule has 0 aromatic heterocycles. The molecule has 0 fully saturated rings. The van der Waals surface area contributed by atoms with Gasteiger partial charge < -0.3 is 0 Å². The maximum atomic E-state index is 2.27. The van der Waals surface area contributed by atoms with Gasteiger partial charge in [0.05, 0.1) is 0 Å². The lowest BCUT2D eigenvalue weighted by atomic mass is 9.78. The van der Waals surface area contributed by atoms with E-state index < -0.39 is 0 Å². The first kappa shape index (κ1) is 13.9. The molecule has 2 aliphatic rings. The molecule has 0 amide bonds. The molecule has 120 valence electrons. The third-order valence-corrected chi connectivity index (χ3v) is 5.61. The number of hydrogen-bond donors (Lipinski definition) is 0. The lowest BCUT2D eigenvalue weighted by molar-refractivity contribution is 1.58. The van der Waals surface area contributed by atoms with Gasteiger partial charge >= 0.3 is 0 Å². The SMILES string of the molecule is c1ccc2c(c1)-c1ccccc1-c1c3ccccc3c-2c2ccccc12. The highest BCUT2D eigenvalue weighted by Gasteiger charge is 2.23. The van der Waals surface area contributed by atoms with Crippen LogP contribution in [0.15, 0.2) is 97.1 Å². The van der Waals surface area contributed by atoms with Gasteiger partial charge in [-0.25, -0.2) is 0 Å². The highest BCUT2D eigenvalue weighted by molar-refractivity contribution is 6.25. The molecule has 0 N–H and O–H groups in total. The van der Waals surface area contributed by atoms with Crippen molar-refractivity contribution in [3.63, 3.8) is 0 Å². The molecule has 0 radical (unpaired) electrons. The predicted octanol–water partition coefficient (Wildman–Crippen LogP) is 7.31. The van der Waals surface area contributed by atoms with Crippen molar-refractivity contribution in [3.8, 4) is 33.4 Å². The summed E-state index contributed by atoms with van der Waals surface area (Å²) in [4.78, 5) is 0. The number of hydrogen-bond acceptors (Lipinski definition) is 0. The molecule has 0 atom stereocenters. The normalized spacial score (nSPS) is 11.8. The van der Waals surface area contributed by atoms with Gasteiger partial charge in [-0.2, -0.15) is 0 Å². The second kappa shape index (κ2) is 5.06. The van der Waals surface area contributed by atoms with Crippen LogP contribution in [0.3, 0.4) is 0 Å². The zero-order valence-electron chi connectivity index (χ0n) is 14.2. The predicted molar refractivity (Wildman–Crippen MR) is 111 cm³/mol. The van der Waals surface area contributed by atoms with Crippen LogP contribution in [0.5, 0.6) is 0 Å². The van der Waals surface area contributed by atoms with Gasteiger partial charge in [0.2, 0.25) is 0 Å². The fourth-order valence-electron chi connectivity index (χ4n) is 4.58. The standard InChI is InChI=1S/C26H16/c1-3-11-19-17(9-1)18-10-2-4-12-20(18)26-23-15-7-5-13-21(23)25(19)22-14-6-8-16-24(22)26/h1-16H. The maximum Gasteiger partial charge on any atom is -0.00201 e. The first-order valence-corrected chi connectivity index (χ1v) is 9.06. The molecule has 0 nitrogen and oxygen atoms in total. The van der Waals surface area contributed by atoms with Crippen molar-refractivity contribution in [3.05, 3.63) is 97.1 Å². The first-order valence-electron chi connectivity index (χ1n) is 9.06. The van der Waals surface area contributed by atoms with E-state index in [1.54, 1.807) is 0 Å². The molecule has 26 heavy (non-hydrogen) atoms. The van der Waals surface area contributed by atoms with E-state index in [9.17, 15) is 0 Å². The maximum absolute atomic E-state index is 2.27. The summed E-state index contributed by atoms with van der Waals surface area (Å²) in [7, 11) is 0. The second-order valence-electron chi connectivity index (χ2n) is 6.93. The Morgan fingerprint density at radius 1 is 0.269 bits per heavy atom. The van der Waals surface area contributed by atoms with E-state index in [2.05, 4.69) is 97.1 Å². The summed E-state index contributed by atoms with van der Waals surface area (Å²) in [5, 5.41) is 5.35. The molecule has 0 unspecified atom stereocenters. The lowest BCUT2D eigenvalue weighted by Gasteiger charge is -2.24. The van der Waals surface area contributed by atoms with Crippen molar-refractivity contribution in [2.75, 3.05) is 0 Å². The smallest absolute Gasteiger partial charge is 0.00201 e. The Kier molecular flexibility index (Phi) is 2.70. The van der Waals surface area contributed by atoms with Crippen molar-refractivity contribution in [2.24, 2.45) is 0 Å². The third-order valence-electron chi connectivity index (χ3n) is 5.61. The molecule has 0 saturated carbocycles.